The van der Waals surface area contributed by atoms with Crippen LogP contribution >= 0.6 is 0 Å². The summed E-state index contributed by atoms with van der Waals surface area (Å²) in [5.74, 6) is 0.0629. The van der Waals surface area contributed by atoms with Crippen LogP contribution in [-0.4, -0.2) is 66.8 Å². The zero-order valence-corrected chi connectivity index (χ0v) is 18.4. The summed E-state index contributed by atoms with van der Waals surface area (Å²) in [6, 6.07) is 0.326. The highest BCUT2D eigenvalue weighted by atomic mass is 32.2. The average Bonchev–Trinajstić information content (AvgIpc) is 3.49. The molecule has 0 aromatic carbocycles. The number of amides is 2. The van der Waals surface area contributed by atoms with Crippen molar-refractivity contribution < 1.29 is 22.5 Å². The van der Waals surface area contributed by atoms with E-state index >= 15 is 0 Å². The number of hydrogen-bond donors (Lipinski definition) is 1. The van der Waals surface area contributed by atoms with Crippen LogP contribution in [0.15, 0.2) is 9.42 Å². The Bertz CT molecular complexity index is 896. The summed E-state index contributed by atoms with van der Waals surface area (Å²) in [6.07, 6.45) is 4.71. The summed E-state index contributed by atoms with van der Waals surface area (Å²) in [4.78, 5) is 27.4. The number of aromatic nitrogens is 1. The predicted octanol–water partition coefficient (Wildman–Crippen LogP) is 1.21. The van der Waals surface area contributed by atoms with Gasteiger partial charge in [-0.15, -0.1) is 0 Å². The first-order valence-electron chi connectivity index (χ1n) is 10.8. The standard InChI is InChI=1S/C20H30N4O5S/c1-13-18(14(2)29-22-13)30(27,28)24-10-7-15(8-11-24)20(26)23-9-3-4-16(12-23)19(25)21-17-5-6-17/h15-17H,3-12H2,1-2H3,(H,21,25). The Hall–Kier alpha value is -1.94. The molecule has 0 bridgehead atoms. The Morgan fingerprint density at radius 1 is 1.03 bits per heavy atom. The fourth-order valence-electron chi connectivity index (χ4n) is 4.51. The summed E-state index contributed by atoms with van der Waals surface area (Å²) in [5.41, 5.74) is 0.356. The van der Waals surface area contributed by atoms with E-state index in [-0.39, 0.29) is 34.3 Å². The van der Waals surface area contributed by atoms with Crippen molar-refractivity contribution in [3.63, 3.8) is 0 Å². The van der Waals surface area contributed by atoms with E-state index in [0.717, 1.165) is 25.7 Å². The van der Waals surface area contributed by atoms with Crippen LogP contribution in [0.4, 0.5) is 0 Å². The van der Waals surface area contributed by atoms with Crippen molar-refractivity contribution in [1.29, 1.82) is 0 Å². The van der Waals surface area contributed by atoms with Crippen molar-refractivity contribution in [3.05, 3.63) is 11.5 Å². The summed E-state index contributed by atoms with van der Waals surface area (Å²) < 4.78 is 32.4. The second-order valence-electron chi connectivity index (χ2n) is 8.74. The number of aryl methyl sites for hydroxylation is 2. The molecular formula is C20H30N4O5S. The monoisotopic (exact) mass is 438 g/mol. The molecule has 30 heavy (non-hydrogen) atoms. The molecule has 1 atom stereocenters. The quantitative estimate of drug-likeness (QED) is 0.739. The van der Waals surface area contributed by atoms with Gasteiger partial charge in [-0.3, -0.25) is 9.59 Å². The zero-order valence-electron chi connectivity index (χ0n) is 17.6. The molecule has 166 valence electrons. The van der Waals surface area contributed by atoms with Crippen LogP contribution in [0, 0.1) is 25.7 Å². The van der Waals surface area contributed by atoms with Crippen LogP contribution < -0.4 is 5.32 Å². The van der Waals surface area contributed by atoms with Crippen molar-refractivity contribution in [2.24, 2.45) is 11.8 Å². The first-order valence-corrected chi connectivity index (χ1v) is 12.2. The third-order valence-electron chi connectivity index (χ3n) is 6.40. The summed E-state index contributed by atoms with van der Waals surface area (Å²) in [6.45, 7) is 4.93. The Labute approximate surface area is 177 Å². The maximum atomic E-state index is 13.1. The predicted molar refractivity (Wildman–Crippen MR) is 108 cm³/mol. The summed E-state index contributed by atoms with van der Waals surface area (Å²) >= 11 is 0. The van der Waals surface area contributed by atoms with Crippen molar-refractivity contribution in [1.82, 2.24) is 19.7 Å². The Morgan fingerprint density at radius 2 is 1.73 bits per heavy atom. The lowest BCUT2D eigenvalue weighted by atomic mass is 9.92. The lowest BCUT2D eigenvalue weighted by Crippen LogP contribution is -2.49. The maximum absolute atomic E-state index is 13.1. The molecule has 1 saturated carbocycles. The molecular weight excluding hydrogens is 408 g/mol. The van der Waals surface area contributed by atoms with E-state index in [4.69, 9.17) is 4.52 Å². The number of hydrogen-bond acceptors (Lipinski definition) is 6. The molecule has 1 unspecified atom stereocenters. The Morgan fingerprint density at radius 3 is 2.33 bits per heavy atom. The smallest absolute Gasteiger partial charge is 0.248 e. The van der Waals surface area contributed by atoms with Crippen LogP contribution in [0.2, 0.25) is 0 Å². The molecule has 2 aliphatic heterocycles. The van der Waals surface area contributed by atoms with Gasteiger partial charge >= 0.3 is 0 Å². The fraction of sp³-hybridized carbons (Fsp3) is 0.750. The van der Waals surface area contributed by atoms with Crippen molar-refractivity contribution >= 4 is 21.8 Å². The highest BCUT2D eigenvalue weighted by Gasteiger charge is 2.38. The number of piperidine rings is 2. The molecule has 9 nitrogen and oxygen atoms in total. The topological polar surface area (TPSA) is 113 Å². The molecule has 3 heterocycles. The molecule has 2 amide bonds. The van der Waals surface area contributed by atoms with Gasteiger partial charge in [0.1, 0.15) is 10.6 Å². The molecule has 1 N–H and O–H groups in total. The SMILES string of the molecule is Cc1noc(C)c1S(=O)(=O)N1CCC(C(=O)N2CCCC(C(=O)NC3CC3)C2)CC1. The third kappa shape index (κ3) is 4.25. The summed E-state index contributed by atoms with van der Waals surface area (Å²) in [5, 5.41) is 6.79. The van der Waals surface area contributed by atoms with Crippen molar-refractivity contribution in [3.8, 4) is 0 Å². The second kappa shape index (κ2) is 8.30. The van der Waals surface area contributed by atoms with Gasteiger partial charge in [0.05, 0.1) is 5.92 Å². The van der Waals surface area contributed by atoms with Crippen LogP contribution in [0.5, 0.6) is 0 Å². The van der Waals surface area contributed by atoms with E-state index in [1.807, 2.05) is 4.90 Å². The van der Waals surface area contributed by atoms with Crippen LogP contribution in [0.3, 0.4) is 0 Å². The molecule has 10 heteroatoms. The molecule has 4 rings (SSSR count). The van der Waals surface area contributed by atoms with E-state index in [1.165, 1.54) is 4.31 Å². The molecule has 3 fully saturated rings. The Kier molecular flexibility index (Phi) is 5.89. The van der Waals surface area contributed by atoms with Gasteiger partial charge in [0.2, 0.25) is 21.8 Å². The largest absolute Gasteiger partial charge is 0.360 e. The molecule has 1 aliphatic carbocycles. The fourth-order valence-corrected chi connectivity index (χ4v) is 6.27. The van der Waals surface area contributed by atoms with Crippen LogP contribution in [-0.2, 0) is 19.6 Å². The van der Waals surface area contributed by atoms with E-state index in [0.29, 0.717) is 50.8 Å². The number of carbonyl (C=O) groups is 2. The number of sulfonamides is 1. The van der Waals surface area contributed by atoms with Gasteiger partial charge in [0.25, 0.3) is 0 Å². The average molecular weight is 439 g/mol. The van der Waals surface area contributed by atoms with E-state index in [2.05, 4.69) is 10.5 Å². The molecule has 0 spiro atoms. The highest BCUT2D eigenvalue weighted by molar-refractivity contribution is 7.89. The molecule has 1 aromatic heterocycles. The zero-order chi connectivity index (χ0) is 21.5. The van der Waals surface area contributed by atoms with Gasteiger partial charge < -0.3 is 14.7 Å². The van der Waals surface area contributed by atoms with Gasteiger partial charge in [-0.1, -0.05) is 5.16 Å². The number of nitrogens with zero attached hydrogens (tertiary/aromatic N) is 3. The van der Waals surface area contributed by atoms with Crippen molar-refractivity contribution in [2.45, 2.75) is 63.3 Å². The minimum atomic E-state index is -3.68. The van der Waals surface area contributed by atoms with E-state index in [1.54, 1.807) is 13.8 Å². The number of likely N-dealkylation sites (tertiary alicyclic amines) is 1. The minimum absolute atomic E-state index is 0.0494. The first kappa shape index (κ1) is 21.3. The lowest BCUT2D eigenvalue weighted by molar-refractivity contribution is -0.140. The molecule has 0 radical (unpaired) electrons. The normalized spacial score (nSPS) is 24.1. The van der Waals surface area contributed by atoms with Gasteiger partial charge in [0.15, 0.2) is 5.76 Å². The number of carbonyl (C=O) groups excluding carboxylic acids is 2. The van der Waals surface area contributed by atoms with Gasteiger partial charge in [-0.25, -0.2) is 8.42 Å². The molecule has 1 aromatic rings. The third-order valence-corrected chi connectivity index (χ3v) is 8.54. The van der Waals surface area contributed by atoms with E-state index < -0.39 is 10.0 Å². The van der Waals surface area contributed by atoms with Crippen molar-refractivity contribution in [2.75, 3.05) is 26.2 Å². The summed E-state index contributed by atoms with van der Waals surface area (Å²) in [7, 11) is -3.68. The minimum Gasteiger partial charge on any atom is -0.360 e. The van der Waals surface area contributed by atoms with E-state index in [9.17, 15) is 18.0 Å². The second-order valence-corrected chi connectivity index (χ2v) is 10.6. The highest BCUT2D eigenvalue weighted by Crippen LogP contribution is 2.29. The van der Waals surface area contributed by atoms with Gasteiger partial charge in [-0.05, 0) is 52.4 Å². The Balaban J connectivity index is 1.34. The molecule has 3 aliphatic rings. The van der Waals surface area contributed by atoms with Gasteiger partial charge in [0, 0.05) is 38.1 Å². The first-order chi connectivity index (χ1) is 14.3. The maximum Gasteiger partial charge on any atom is 0.248 e. The lowest BCUT2D eigenvalue weighted by Gasteiger charge is -2.37. The van der Waals surface area contributed by atoms with Crippen LogP contribution in [0.25, 0.3) is 0 Å². The van der Waals surface area contributed by atoms with Gasteiger partial charge in [-0.2, -0.15) is 4.31 Å². The number of rotatable bonds is 5. The number of nitrogens with one attached hydrogen (secondary N) is 1. The molecule has 2 saturated heterocycles. The van der Waals surface area contributed by atoms with Crippen LogP contribution in [0.1, 0.15) is 50.0 Å².